The van der Waals surface area contributed by atoms with E-state index in [0.29, 0.717) is 26.9 Å². The van der Waals surface area contributed by atoms with E-state index in [1.54, 1.807) is 30.3 Å². The van der Waals surface area contributed by atoms with Crippen LogP contribution in [0, 0.1) is 0 Å². The lowest BCUT2D eigenvalue weighted by Crippen LogP contribution is -2.13. The Morgan fingerprint density at radius 3 is 2.64 bits per heavy atom. The molecule has 0 saturated heterocycles. The number of halogens is 1. The van der Waals surface area contributed by atoms with Crippen molar-refractivity contribution >= 4 is 55.8 Å². The monoisotopic (exact) mass is 395 g/mol. The SMILES string of the molecule is CS(=O)(=O)c1ccc2nc(SCC(=O)Nc3ccc(Cl)cc3)[nH]c2c1. The van der Waals surface area contributed by atoms with Crippen LogP contribution >= 0.6 is 23.4 Å². The van der Waals surface area contributed by atoms with Crippen molar-refractivity contribution in [3.05, 3.63) is 47.5 Å². The maximum absolute atomic E-state index is 12.0. The molecule has 3 aromatic rings. The molecule has 1 heterocycles. The van der Waals surface area contributed by atoms with Gasteiger partial charge < -0.3 is 10.3 Å². The summed E-state index contributed by atoms with van der Waals surface area (Å²) in [7, 11) is -3.28. The Bertz CT molecular complexity index is 1030. The van der Waals surface area contributed by atoms with Gasteiger partial charge in [-0.15, -0.1) is 0 Å². The van der Waals surface area contributed by atoms with Crippen molar-refractivity contribution in [3.8, 4) is 0 Å². The summed E-state index contributed by atoms with van der Waals surface area (Å²) in [5.74, 6) is -0.00826. The highest BCUT2D eigenvalue weighted by atomic mass is 35.5. The molecule has 0 radical (unpaired) electrons. The summed E-state index contributed by atoms with van der Waals surface area (Å²) in [5.41, 5.74) is 1.92. The summed E-state index contributed by atoms with van der Waals surface area (Å²) in [5, 5.41) is 3.91. The van der Waals surface area contributed by atoms with Gasteiger partial charge in [-0.3, -0.25) is 4.79 Å². The number of hydrogen-bond acceptors (Lipinski definition) is 5. The number of H-pyrrole nitrogens is 1. The van der Waals surface area contributed by atoms with Gasteiger partial charge in [0.1, 0.15) is 0 Å². The number of nitrogens with zero attached hydrogens (tertiary/aromatic N) is 1. The first-order valence-electron chi connectivity index (χ1n) is 7.19. The summed E-state index contributed by atoms with van der Waals surface area (Å²) < 4.78 is 23.2. The van der Waals surface area contributed by atoms with E-state index in [9.17, 15) is 13.2 Å². The second-order valence-electron chi connectivity index (χ2n) is 5.34. The third-order valence-corrected chi connectivity index (χ3v) is 5.56. The minimum Gasteiger partial charge on any atom is -0.333 e. The lowest BCUT2D eigenvalue weighted by Gasteiger charge is -2.04. The number of aromatic nitrogens is 2. The molecular formula is C16H14ClN3O3S2. The highest BCUT2D eigenvalue weighted by molar-refractivity contribution is 7.99. The van der Waals surface area contributed by atoms with Gasteiger partial charge >= 0.3 is 0 Å². The molecule has 2 aromatic carbocycles. The van der Waals surface area contributed by atoms with Crippen molar-refractivity contribution in [1.29, 1.82) is 0 Å². The van der Waals surface area contributed by atoms with Crippen molar-refractivity contribution in [2.75, 3.05) is 17.3 Å². The molecule has 0 saturated carbocycles. The topological polar surface area (TPSA) is 91.9 Å². The van der Waals surface area contributed by atoms with Crippen LogP contribution in [0.2, 0.25) is 5.02 Å². The Kier molecular flexibility index (Phi) is 5.03. The number of rotatable bonds is 5. The van der Waals surface area contributed by atoms with Crippen LogP contribution in [0.4, 0.5) is 5.69 Å². The number of hydrogen-bond donors (Lipinski definition) is 2. The molecule has 6 nitrogen and oxygen atoms in total. The molecule has 0 bridgehead atoms. The van der Waals surface area contributed by atoms with E-state index in [1.807, 2.05) is 0 Å². The van der Waals surface area contributed by atoms with Crippen LogP contribution in [0.1, 0.15) is 0 Å². The van der Waals surface area contributed by atoms with Crippen LogP contribution < -0.4 is 5.32 Å². The number of aromatic amines is 1. The number of amides is 1. The minimum absolute atomic E-state index is 0.168. The number of sulfone groups is 1. The first-order chi connectivity index (χ1) is 11.8. The zero-order chi connectivity index (χ0) is 18.0. The summed E-state index contributed by atoms with van der Waals surface area (Å²) in [4.78, 5) is 19.6. The van der Waals surface area contributed by atoms with Crippen LogP contribution in [-0.2, 0) is 14.6 Å². The Hall–Kier alpha value is -2.03. The summed E-state index contributed by atoms with van der Waals surface area (Å²) in [6, 6.07) is 11.5. The Labute approximate surface area is 153 Å². The van der Waals surface area contributed by atoms with E-state index in [-0.39, 0.29) is 16.6 Å². The zero-order valence-electron chi connectivity index (χ0n) is 13.1. The number of fused-ring (bicyclic) bond motifs is 1. The molecule has 1 aromatic heterocycles. The Morgan fingerprint density at radius 2 is 1.96 bits per heavy atom. The zero-order valence-corrected chi connectivity index (χ0v) is 15.5. The van der Waals surface area contributed by atoms with E-state index >= 15 is 0 Å². The van der Waals surface area contributed by atoms with Gasteiger partial charge in [-0.2, -0.15) is 0 Å². The molecule has 0 atom stereocenters. The molecule has 3 rings (SSSR count). The van der Waals surface area contributed by atoms with E-state index in [1.165, 1.54) is 23.9 Å². The number of benzene rings is 2. The number of anilines is 1. The summed E-state index contributed by atoms with van der Waals surface area (Å²) >= 11 is 7.04. The van der Waals surface area contributed by atoms with Crippen LogP contribution in [-0.4, -0.2) is 36.3 Å². The fraction of sp³-hybridized carbons (Fsp3) is 0.125. The molecule has 0 spiro atoms. The second kappa shape index (κ2) is 7.07. The molecular weight excluding hydrogens is 382 g/mol. The molecule has 9 heteroatoms. The smallest absolute Gasteiger partial charge is 0.234 e. The molecule has 2 N–H and O–H groups in total. The highest BCUT2D eigenvalue weighted by Crippen LogP contribution is 2.22. The average Bonchev–Trinajstić information content (AvgIpc) is 2.96. The van der Waals surface area contributed by atoms with Crippen molar-refractivity contribution in [2.24, 2.45) is 0 Å². The third kappa shape index (κ3) is 4.53. The molecule has 0 aliphatic carbocycles. The van der Waals surface area contributed by atoms with E-state index in [4.69, 9.17) is 11.6 Å². The molecule has 0 aliphatic rings. The second-order valence-corrected chi connectivity index (χ2v) is 8.75. The van der Waals surface area contributed by atoms with Crippen LogP contribution in [0.5, 0.6) is 0 Å². The molecule has 1 amide bonds. The normalized spacial score (nSPS) is 11.6. The lowest BCUT2D eigenvalue weighted by atomic mass is 10.3. The highest BCUT2D eigenvalue weighted by Gasteiger charge is 2.11. The number of carbonyl (C=O) groups is 1. The standard InChI is InChI=1S/C16H14ClN3O3S2/c1-25(22,23)12-6-7-13-14(8-12)20-16(19-13)24-9-15(21)18-11-4-2-10(17)3-5-11/h2-8H,9H2,1H3,(H,18,21)(H,19,20). The molecule has 0 aliphatic heterocycles. The van der Waals surface area contributed by atoms with Crippen molar-refractivity contribution < 1.29 is 13.2 Å². The van der Waals surface area contributed by atoms with Gasteiger partial charge in [-0.05, 0) is 42.5 Å². The Morgan fingerprint density at radius 1 is 1.24 bits per heavy atom. The van der Waals surface area contributed by atoms with Gasteiger partial charge in [-0.1, -0.05) is 23.4 Å². The molecule has 0 unspecified atom stereocenters. The summed E-state index contributed by atoms with van der Waals surface area (Å²) in [6.07, 6.45) is 1.15. The van der Waals surface area contributed by atoms with Gasteiger partial charge in [0.15, 0.2) is 15.0 Å². The maximum Gasteiger partial charge on any atom is 0.234 e. The number of nitrogens with one attached hydrogen (secondary N) is 2. The van der Waals surface area contributed by atoms with Gasteiger partial charge in [0.2, 0.25) is 5.91 Å². The minimum atomic E-state index is -3.28. The predicted molar refractivity (Wildman–Crippen MR) is 100 cm³/mol. The van der Waals surface area contributed by atoms with Gasteiger partial charge in [0, 0.05) is 17.0 Å². The molecule has 25 heavy (non-hydrogen) atoms. The van der Waals surface area contributed by atoms with Crippen molar-refractivity contribution in [2.45, 2.75) is 10.1 Å². The average molecular weight is 396 g/mol. The van der Waals surface area contributed by atoms with E-state index in [0.717, 1.165) is 6.26 Å². The fourth-order valence-electron chi connectivity index (χ4n) is 2.13. The van der Waals surface area contributed by atoms with Crippen molar-refractivity contribution in [3.63, 3.8) is 0 Å². The van der Waals surface area contributed by atoms with Crippen LogP contribution in [0.25, 0.3) is 11.0 Å². The van der Waals surface area contributed by atoms with Gasteiger partial charge in [0.25, 0.3) is 0 Å². The predicted octanol–water partition coefficient (Wildman–Crippen LogP) is 3.35. The quantitative estimate of drug-likeness (QED) is 0.646. The first kappa shape index (κ1) is 17.8. The van der Waals surface area contributed by atoms with E-state index < -0.39 is 9.84 Å². The maximum atomic E-state index is 12.0. The van der Waals surface area contributed by atoms with Gasteiger partial charge in [0.05, 0.1) is 21.7 Å². The lowest BCUT2D eigenvalue weighted by molar-refractivity contribution is -0.113. The van der Waals surface area contributed by atoms with Gasteiger partial charge in [-0.25, -0.2) is 13.4 Å². The van der Waals surface area contributed by atoms with Crippen LogP contribution in [0.3, 0.4) is 0 Å². The number of thioether (sulfide) groups is 1. The Balaban J connectivity index is 1.66. The van der Waals surface area contributed by atoms with E-state index in [2.05, 4.69) is 15.3 Å². The van der Waals surface area contributed by atoms with Crippen LogP contribution in [0.15, 0.2) is 52.5 Å². The largest absolute Gasteiger partial charge is 0.333 e. The number of carbonyl (C=O) groups excluding carboxylic acids is 1. The molecule has 130 valence electrons. The summed E-state index contributed by atoms with van der Waals surface area (Å²) in [6.45, 7) is 0. The fourth-order valence-corrected chi connectivity index (χ4v) is 3.59. The third-order valence-electron chi connectivity index (χ3n) is 3.33. The number of imidazole rings is 1. The first-order valence-corrected chi connectivity index (χ1v) is 10.4. The molecule has 0 fully saturated rings. The van der Waals surface area contributed by atoms with Crippen molar-refractivity contribution in [1.82, 2.24) is 9.97 Å².